The van der Waals surface area contributed by atoms with Gasteiger partial charge >= 0.3 is 0 Å². The number of nitrogens with two attached hydrogens (primary N) is 2. The minimum Gasteiger partial charge on any atom is -0.493 e. The number of hydrogen-bond acceptors (Lipinski definition) is 8. The number of anilines is 2. The fraction of sp³-hybridized carbons (Fsp3) is 0.393. The molecule has 5 N–H and O–H groups in total. The molecule has 9 nitrogen and oxygen atoms in total. The van der Waals surface area contributed by atoms with Crippen molar-refractivity contribution < 1.29 is 14.3 Å². The summed E-state index contributed by atoms with van der Waals surface area (Å²) < 4.78 is 11.3. The highest BCUT2D eigenvalue weighted by Gasteiger charge is 2.31. The van der Waals surface area contributed by atoms with Crippen molar-refractivity contribution in [3.05, 3.63) is 70.4 Å². The second-order valence-electron chi connectivity index (χ2n) is 9.75. The fourth-order valence-electron chi connectivity index (χ4n) is 4.93. The van der Waals surface area contributed by atoms with E-state index in [-0.39, 0.29) is 17.9 Å². The molecule has 0 fully saturated rings. The zero-order valence-electron chi connectivity index (χ0n) is 22.0. The van der Waals surface area contributed by atoms with E-state index in [9.17, 15) is 4.79 Å². The number of carbonyl (C=O) groups excluding carboxylic acids is 1. The van der Waals surface area contributed by atoms with Crippen LogP contribution in [0.25, 0.3) is 0 Å². The Morgan fingerprint density at radius 2 is 1.95 bits per heavy atom. The van der Waals surface area contributed by atoms with E-state index in [1.165, 1.54) is 11.1 Å². The highest BCUT2D eigenvalue weighted by atomic mass is 16.5. The molecule has 0 bridgehead atoms. The number of benzene rings is 2. The molecule has 3 aromatic rings. The maximum atomic E-state index is 13.5. The Labute approximate surface area is 218 Å². The minimum absolute atomic E-state index is 0.00583. The van der Waals surface area contributed by atoms with E-state index in [4.69, 9.17) is 20.9 Å². The largest absolute Gasteiger partial charge is 0.493 e. The number of aromatic nitrogens is 2. The van der Waals surface area contributed by atoms with Crippen molar-refractivity contribution >= 4 is 17.7 Å². The van der Waals surface area contributed by atoms with Gasteiger partial charge in [-0.1, -0.05) is 44.2 Å². The van der Waals surface area contributed by atoms with Gasteiger partial charge in [-0.25, -0.2) is 10.4 Å². The van der Waals surface area contributed by atoms with Gasteiger partial charge < -0.3 is 20.9 Å². The first-order valence-corrected chi connectivity index (χ1v) is 12.5. The molecule has 0 saturated carbocycles. The molecule has 1 atom stereocenters. The second kappa shape index (κ2) is 11.5. The highest BCUT2D eigenvalue weighted by molar-refractivity contribution is 5.77. The quantitative estimate of drug-likeness (QED) is 0.401. The molecular weight excluding hydrogens is 468 g/mol. The summed E-state index contributed by atoms with van der Waals surface area (Å²) in [5.74, 6) is 2.18. The maximum absolute atomic E-state index is 13.5. The van der Waals surface area contributed by atoms with Crippen LogP contribution in [0, 0.1) is 5.92 Å². The number of aryl methyl sites for hydroxylation is 1. The van der Waals surface area contributed by atoms with Crippen LogP contribution in [0.1, 0.15) is 60.5 Å². The second-order valence-corrected chi connectivity index (χ2v) is 9.75. The van der Waals surface area contributed by atoms with E-state index in [1.807, 2.05) is 29.3 Å². The van der Waals surface area contributed by atoms with Crippen LogP contribution in [0.2, 0.25) is 0 Å². The zero-order chi connectivity index (χ0) is 26.5. The predicted octanol–water partition coefficient (Wildman–Crippen LogP) is 3.82. The van der Waals surface area contributed by atoms with Gasteiger partial charge in [0.15, 0.2) is 11.5 Å². The van der Waals surface area contributed by atoms with Gasteiger partial charge in [0.25, 0.3) is 0 Å². The van der Waals surface area contributed by atoms with Crippen molar-refractivity contribution in [1.29, 1.82) is 0 Å². The van der Waals surface area contributed by atoms with Crippen LogP contribution in [-0.2, 0) is 24.2 Å². The van der Waals surface area contributed by atoms with Gasteiger partial charge in [-0.2, -0.15) is 4.98 Å². The number of hydrazine groups is 1. The molecule has 0 aliphatic carbocycles. The average molecular weight is 505 g/mol. The van der Waals surface area contributed by atoms with E-state index in [2.05, 4.69) is 41.4 Å². The van der Waals surface area contributed by atoms with Crippen LogP contribution in [0.3, 0.4) is 0 Å². The zero-order valence-corrected chi connectivity index (χ0v) is 22.0. The van der Waals surface area contributed by atoms with Gasteiger partial charge in [-0.3, -0.25) is 9.80 Å². The molecule has 9 heteroatoms. The molecule has 4 rings (SSSR count). The third-order valence-electron chi connectivity index (χ3n) is 6.66. The molecule has 37 heavy (non-hydrogen) atoms. The Kier molecular flexibility index (Phi) is 8.13. The first-order valence-electron chi connectivity index (χ1n) is 12.5. The van der Waals surface area contributed by atoms with Crippen LogP contribution >= 0.6 is 0 Å². The van der Waals surface area contributed by atoms with Crippen molar-refractivity contribution in [3.8, 4) is 11.5 Å². The smallest absolute Gasteiger partial charge is 0.237 e. The minimum atomic E-state index is -0.00583. The highest BCUT2D eigenvalue weighted by Crippen LogP contribution is 2.36. The summed E-state index contributed by atoms with van der Waals surface area (Å²) in [4.78, 5) is 21.6. The van der Waals surface area contributed by atoms with E-state index >= 15 is 0 Å². The van der Waals surface area contributed by atoms with Crippen LogP contribution < -0.4 is 26.4 Å². The van der Waals surface area contributed by atoms with Crippen LogP contribution in [0.15, 0.2) is 42.6 Å². The number of nitrogens with zero attached hydrogens (tertiary/aromatic N) is 3. The summed E-state index contributed by atoms with van der Waals surface area (Å²) in [5.41, 5.74) is 20.1. The Balaban J connectivity index is 1.56. The summed E-state index contributed by atoms with van der Waals surface area (Å²) >= 11 is 0. The summed E-state index contributed by atoms with van der Waals surface area (Å²) in [7, 11) is 3.21. The van der Waals surface area contributed by atoms with E-state index < -0.39 is 0 Å². The van der Waals surface area contributed by atoms with Crippen molar-refractivity contribution in [2.24, 2.45) is 5.92 Å². The number of rotatable bonds is 9. The molecular formula is C28H36N6O3. The number of nitrogens with one attached hydrogen (secondary N) is 1. The molecule has 1 aliphatic heterocycles. The number of carbonyl (C=O) groups is 1. The number of hydrogen-bond donors (Lipinski definition) is 3. The molecule has 2 aromatic carbocycles. The third-order valence-corrected chi connectivity index (χ3v) is 6.66. The van der Waals surface area contributed by atoms with Crippen molar-refractivity contribution in [3.63, 3.8) is 0 Å². The Morgan fingerprint density at radius 3 is 2.65 bits per heavy atom. The summed E-state index contributed by atoms with van der Waals surface area (Å²) in [6.45, 7) is 5.00. The molecule has 1 aliphatic rings. The van der Waals surface area contributed by atoms with Crippen LogP contribution in [-0.4, -0.2) is 35.1 Å². The number of amides is 1. The maximum Gasteiger partial charge on any atom is 0.237 e. The van der Waals surface area contributed by atoms with Gasteiger partial charge in [0.2, 0.25) is 11.9 Å². The van der Waals surface area contributed by atoms with E-state index in [1.54, 1.807) is 20.4 Å². The lowest BCUT2D eigenvalue weighted by Crippen LogP contribution is -2.48. The first kappa shape index (κ1) is 26.2. The number of fused-ring (bicyclic) bond motifs is 1. The lowest BCUT2D eigenvalue weighted by molar-refractivity contribution is -0.139. The summed E-state index contributed by atoms with van der Waals surface area (Å²) in [6.07, 6.45) is 3.82. The van der Waals surface area contributed by atoms with Gasteiger partial charge in [0, 0.05) is 31.1 Å². The first-order chi connectivity index (χ1) is 17.8. The molecule has 1 amide bonds. The van der Waals surface area contributed by atoms with Crippen molar-refractivity contribution in [1.82, 2.24) is 20.4 Å². The number of ether oxygens (including phenoxy) is 2. The van der Waals surface area contributed by atoms with Gasteiger partial charge in [0.1, 0.15) is 5.82 Å². The standard InChI is InChI=1S/C28H36N6O3/c1-17(2)11-23-22-8-6-5-7-20(22)16-32-34(23)25(35)10-9-19-12-18(14-24(36-3)26(19)37-4)13-21-15-31-28(30)33-27(21)29/h5-8,12,14-15,17,23,32H,9-11,13,16H2,1-4H3,(H4,29,30,31,33)/t23-/m1/s1. The monoisotopic (exact) mass is 504 g/mol. The molecule has 2 heterocycles. The summed E-state index contributed by atoms with van der Waals surface area (Å²) in [6, 6.07) is 12.3. The predicted molar refractivity (Wildman–Crippen MR) is 144 cm³/mol. The molecule has 1 aromatic heterocycles. The Bertz CT molecular complexity index is 1260. The van der Waals surface area contributed by atoms with Crippen LogP contribution in [0.4, 0.5) is 11.8 Å². The molecule has 0 spiro atoms. The van der Waals surface area contributed by atoms with Crippen molar-refractivity contribution in [2.75, 3.05) is 25.7 Å². The average Bonchev–Trinajstić information content (AvgIpc) is 2.88. The molecule has 0 unspecified atom stereocenters. The number of nitrogen functional groups attached to an aromatic ring is 2. The lowest BCUT2D eigenvalue weighted by Gasteiger charge is -2.38. The Morgan fingerprint density at radius 1 is 1.16 bits per heavy atom. The van der Waals surface area contributed by atoms with Gasteiger partial charge in [-0.15, -0.1) is 0 Å². The summed E-state index contributed by atoms with van der Waals surface area (Å²) in [5, 5.41) is 1.82. The molecule has 196 valence electrons. The lowest BCUT2D eigenvalue weighted by atomic mass is 9.91. The van der Waals surface area contributed by atoms with E-state index in [0.717, 1.165) is 23.1 Å². The third kappa shape index (κ3) is 5.94. The Hall–Kier alpha value is -3.85. The fourth-order valence-corrected chi connectivity index (χ4v) is 4.93. The molecule has 0 radical (unpaired) electrons. The van der Waals surface area contributed by atoms with Gasteiger partial charge in [0.05, 0.1) is 20.3 Å². The normalized spacial score (nSPS) is 14.9. The van der Waals surface area contributed by atoms with Crippen LogP contribution in [0.5, 0.6) is 11.5 Å². The molecule has 0 saturated heterocycles. The topological polar surface area (TPSA) is 129 Å². The SMILES string of the molecule is COc1cc(Cc2cnc(N)nc2N)cc(CCC(=O)N2NCc3ccccc3[C@H]2CC(C)C)c1OC. The number of methoxy groups -OCH3 is 2. The van der Waals surface area contributed by atoms with Gasteiger partial charge in [-0.05, 0) is 47.1 Å². The van der Waals surface area contributed by atoms with Crippen molar-refractivity contribution in [2.45, 2.75) is 52.1 Å². The van der Waals surface area contributed by atoms with E-state index in [0.29, 0.717) is 49.0 Å².